The Morgan fingerprint density at radius 2 is 2.00 bits per heavy atom. The number of hydrogen-bond acceptors (Lipinski definition) is 3. The quantitative estimate of drug-likeness (QED) is 0.842. The van der Waals surface area contributed by atoms with E-state index >= 15 is 0 Å². The number of benzene rings is 1. The number of aromatic nitrogens is 2. The van der Waals surface area contributed by atoms with Gasteiger partial charge < -0.3 is 10.2 Å². The summed E-state index contributed by atoms with van der Waals surface area (Å²) in [6.45, 7) is 8.23. The average molecular weight is 370 g/mol. The summed E-state index contributed by atoms with van der Waals surface area (Å²) >= 11 is 0. The van der Waals surface area contributed by atoms with Crippen LogP contribution in [-0.4, -0.2) is 39.6 Å². The first kappa shape index (κ1) is 18.8. The van der Waals surface area contributed by atoms with Crippen molar-refractivity contribution in [3.63, 3.8) is 0 Å². The summed E-state index contributed by atoms with van der Waals surface area (Å²) < 4.78 is 15.1. The van der Waals surface area contributed by atoms with Crippen molar-refractivity contribution in [1.82, 2.24) is 14.7 Å². The minimum atomic E-state index is -0.341. The number of anilines is 1. The molecule has 27 heavy (non-hydrogen) atoms. The van der Waals surface area contributed by atoms with Gasteiger partial charge in [0.2, 0.25) is 11.8 Å². The molecule has 0 atom stereocenters. The SMILES string of the molecule is C=CC(=O)N1CCC(C(=O)Nc2c(C)nn(-c3cccc(F)c3)c2C)CC1. The number of carbonyl (C=O) groups excluding carboxylic acids is 2. The summed E-state index contributed by atoms with van der Waals surface area (Å²) in [4.78, 5) is 26.0. The monoisotopic (exact) mass is 370 g/mol. The molecule has 0 bridgehead atoms. The first-order chi connectivity index (χ1) is 12.9. The molecule has 0 spiro atoms. The van der Waals surface area contributed by atoms with Gasteiger partial charge in [-0.25, -0.2) is 9.07 Å². The third kappa shape index (κ3) is 3.92. The van der Waals surface area contributed by atoms with Gasteiger partial charge in [0.05, 0.1) is 22.8 Å². The molecule has 1 fully saturated rings. The van der Waals surface area contributed by atoms with Gasteiger partial charge in [-0.15, -0.1) is 0 Å². The smallest absolute Gasteiger partial charge is 0.245 e. The molecule has 1 aliphatic rings. The Balaban J connectivity index is 1.72. The summed E-state index contributed by atoms with van der Waals surface area (Å²) in [5.74, 6) is -0.677. The van der Waals surface area contributed by atoms with Crippen LogP contribution >= 0.6 is 0 Å². The summed E-state index contributed by atoms with van der Waals surface area (Å²) in [5, 5.41) is 7.41. The summed E-state index contributed by atoms with van der Waals surface area (Å²) in [6, 6.07) is 6.16. The number of hydrogen-bond donors (Lipinski definition) is 1. The first-order valence-electron chi connectivity index (χ1n) is 8.95. The van der Waals surface area contributed by atoms with Crippen molar-refractivity contribution in [2.24, 2.45) is 5.92 Å². The summed E-state index contributed by atoms with van der Waals surface area (Å²) in [5.41, 5.74) is 2.66. The molecule has 0 unspecified atom stereocenters. The van der Waals surface area contributed by atoms with E-state index in [1.807, 2.05) is 13.8 Å². The molecular formula is C20H23FN4O2. The fraction of sp³-hybridized carbons (Fsp3) is 0.350. The number of halogens is 1. The van der Waals surface area contributed by atoms with Crippen LogP contribution in [-0.2, 0) is 9.59 Å². The van der Waals surface area contributed by atoms with Crippen LogP contribution in [0.1, 0.15) is 24.2 Å². The zero-order valence-corrected chi connectivity index (χ0v) is 15.5. The van der Waals surface area contributed by atoms with Crippen LogP contribution in [0.3, 0.4) is 0 Å². The molecular weight excluding hydrogens is 347 g/mol. The minimum absolute atomic E-state index is 0.0781. The van der Waals surface area contributed by atoms with Crippen molar-refractivity contribution in [1.29, 1.82) is 0 Å². The third-order valence-electron chi connectivity index (χ3n) is 4.94. The summed E-state index contributed by atoms with van der Waals surface area (Å²) in [7, 11) is 0. The highest BCUT2D eigenvalue weighted by Crippen LogP contribution is 2.25. The van der Waals surface area contributed by atoms with Crippen molar-refractivity contribution in [3.8, 4) is 5.69 Å². The van der Waals surface area contributed by atoms with Crippen molar-refractivity contribution < 1.29 is 14.0 Å². The lowest BCUT2D eigenvalue weighted by Crippen LogP contribution is -2.40. The second kappa shape index (κ2) is 7.73. The maximum absolute atomic E-state index is 13.5. The van der Waals surface area contributed by atoms with Crippen molar-refractivity contribution in [2.45, 2.75) is 26.7 Å². The van der Waals surface area contributed by atoms with Crippen molar-refractivity contribution >= 4 is 17.5 Å². The number of nitrogens with one attached hydrogen (secondary N) is 1. The minimum Gasteiger partial charge on any atom is -0.339 e. The first-order valence-corrected chi connectivity index (χ1v) is 8.95. The van der Waals surface area contributed by atoms with Gasteiger partial charge in [-0.3, -0.25) is 9.59 Å². The number of carbonyl (C=O) groups is 2. The Morgan fingerprint density at radius 3 is 2.63 bits per heavy atom. The lowest BCUT2D eigenvalue weighted by atomic mass is 9.95. The molecule has 1 aromatic heterocycles. The highest BCUT2D eigenvalue weighted by molar-refractivity contribution is 5.94. The van der Waals surface area contributed by atoms with Gasteiger partial charge in [-0.1, -0.05) is 12.6 Å². The molecule has 7 heteroatoms. The Kier molecular flexibility index (Phi) is 5.39. The molecule has 2 heterocycles. The van der Waals surface area contributed by atoms with E-state index in [4.69, 9.17) is 0 Å². The second-order valence-electron chi connectivity index (χ2n) is 6.73. The number of rotatable bonds is 4. The van der Waals surface area contributed by atoms with E-state index in [9.17, 15) is 14.0 Å². The van der Waals surface area contributed by atoms with E-state index in [2.05, 4.69) is 17.0 Å². The van der Waals surface area contributed by atoms with E-state index in [1.54, 1.807) is 21.7 Å². The number of amides is 2. The Bertz CT molecular complexity index is 882. The van der Waals surface area contributed by atoms with Crippen molar-refractivity contribution in [2.75, 3.05) is 18.4 Å². The van der Waals surface area contributed by atoms with Crippen LogP contribution in [0.15, 0.2) is 36.9 Å². The lowest BCUT2D eigenvalue weighted by molar-refractivity contribution is -0.130. The summed E-state index contributed by atoms with van der Waals surface area (Å²) in [6.07, 6.45) is 2.52. The van der Waals surface area contributed by atoms with Gasteiger partial charge in [0.1, 0.15) is 5.82 Å². The van der Waals surface area contributed by atoms with Crippen molar-refractivity contribution in [3.05, 3.63) is 54.1 Å². The van der Waals surface area contributed by atoms with Crippen LogP contribution in [0, 0.1) is 25.6 Å². The zero-order chi connectivity index (χ0) is 19.6. The predicted octanol–water partition coefficient (Wildman–Crippen LogP) is 2.99. The lowest BCUT2D eigenvalue weighted by Gasteiger charge is -2.30. The van der Waals surface area contributed by atoms with E-state index < -0.39 is 0 Å². The van der Waals surface area contributed by atoms with Gasteiger partial charge in [0, 0.05) is 19.0 Å². The third-order valence-corrected chi connectivity index (χ3v) is 4.94. The van der Waals surface area contributed by atoms with Gasteiger partial charge in [-0.05, 0) is 51.0 Å². The molecule has 142 valence electrons. The molecule has 1 aromatic carbocycles. The largest absolute Gasteiger partial charge is 0.339 e. The fourth-order valence-corrected chi connectivity index (χ4v) is 3.40. The molecule has 1 aliphatic heterocycles. The topological polar surface area (TPSA) is 67.2 Å². The number of piperidine rings is 1. The van der Waals surface area contributed by atoms with E-state index in [0.717, 1.165) is 5.69 Å². The standard InChI is InChI=1S/C20H23FN4O2/c1-4-18(26)24-10-8-15(9-11-24)20(27)22-19-13(2)23-25(14(19)3)17-7-5-6-16(21)12-17/h4-7,12,15H,1,8-11H2,2-3H3,(H,22,27). The highest BCUT2D eigenvalue weighted by Gasteiger charge is 2.27. The van der Waals surface area contributed by atoms with Crippen LogP contribution in [0.25, 0.3) is 5.69 Å². The Hall–Kier alpha value is -2.96. The number of likely N-dealkylation sites (tertiary alicyclic amines) is 1. The molecule has 2 aromatic rings. The van der Waals surface area contributed by atoms with E-state index in [0.29, 0.717) is 43.0 Å². The maximum Gasteiger partial charge on any atom is 0.245 e. The number of aryl methyl sites for hydroxylation is 1. The molecule has 1 N–H and O–H groups in total. The maximum atomic E-state index is 13.5. The molecule has 0 aliphatic carbocycles. The van der Waals surface area contributed by atoms with E-state index in [-0.39, 0.29) is 23.5 Å². The van der Waals surface area contributed by atoms with Crippen LogP contribution < -0.4 is 5.32 Å². The van der Waals surface area contributed by atoms with Gasteiger partial charge in [0.25, 0.3) is 0 Å². The van der Waals surface area contributed by atoms with Gasteiger partial charge in [0.15, 0.2) is 0 Å². The second-order valence-corrected chi connectivity index (χ2v) is 6.73. The van der Waals surface area contributed by atoms with Crippen LogP contribution in [0.2, 0.25) is 0 Å². The molecule has 3 rings (SSSR count). The molecule has 2 amide bonds. The number of nitrogens with zero attached hydrogens (tertiary/aromatic N) is 3. The van der Waals surface area contributed by atoms with E-state index in [1.165, 1.54) is 18.2 Å². The van der Waals surface area contributed by atoms with Gasteiger partial charge >= 0.3 is 0 Å². The fourth-order valence-electron chi connectivity index (χ4n) is 3.40. The highest BCUT2D eigenvalue weighted by atomic mass is 19.1. The van der Waals surface area contributed by atoms with Gasteiger partial charge in [-0.2, -0.15) is 5.10 Å². The Labute approximate surface area is 157 Å². The zero-order valence-electron chi connectivity index (χ0n) is 15.5. The molecule has 1 saturated heterocycles. The average Bonchev–Trinajstić information content (AvgIpc) is 2.95. The predicted molar refractivity (Wildman–Crippen MR) is 101 cm³/mol. The van der Waals surface area contributed by atoms with Crippen LogP contribution in [0.5, 0.6) is 0 Å². The molecule has 0 saturated carbocycles. The Morgan fingerprint density at radius 1 is 1.30 bits per heavy atom. The van der Waals surface area contributed by atoms with Crippen LogP contribution in [0.4, 0.5) is 10.1 Å². The molecule has 0 radical (unpaired) electrons. The molecule has 6 nitrogen and oxygen atoms in total. The normalized spacial score (nSPS) is 14.9.